The van der Waals surface area contributed by atoms with E-state index in [1.807, 2.05) is 12.1 Å². The summed E-state index contributed by atoms with van der Waals surface area (Å²) in [5, 5.41) is 0. The van der Waals surface area contributed by atoms with Crippen molar-refractivity contribution in [3.63, 3.8) is 0 Å². The molecule has 0 bridgehead atoms. The van der Waals surface area contributed by atoms with E-state index in [-0.39, 0.29) is 11.9 Å². The molecule has 0 radical (unpaired) electrons. The number of furan rings is 1. The number of esters is 1. The summed E-state index contributed by atoms with van der Waals surface area (Å²) in [6.07, 6.45) is 2.45. The number of methoxy groups -OCH3 is 1. The summed E-state index contributed by atoms with van der Waals surface area (Å²) in [6, 6.07) is 3.73. The first kappa shape index (κ1) is 11.7. The molecule has 3 rings (SSSR count). The minimum Gasteiger partial charge on any atom is -0.469 e. The second kappa shape index (κ2) is 4.40. The molecule has 1 aromatic heterocycles. The maximum Gasteiger partial charge on any atom is 0.317 e. The van der Waals surface area contributed by atoms with E-state index in [4.69, 9.17) is 18.6 Å². The number of rotatable bonds is 2. The van der Waals surface area contributed by atoms with E-state index in [2.05, 4.69) is 0 Å². The molecule has 5 heteroatoms. The van der Waals surface area contributed by atoms with Gasteiger partial charge in [-0.1, -0.05) is 0 Å². The molecule has 98 valence electrons. The molecule has 0 amide bonds. The number of hydrogen-bond donors (Lipinski definition) is 0. The Kier molecular flexibility index (Phi) is 2.87. The Morgan fingerprint density at radius 2 is 2.28 bits per heavy atom. The molecule has 0 aromatic carbocycles. The fourth-order valence-electron chi connectivity index (χ4n) is 3.10. The predicted molar refractivity (Wildman–Crippen MR) is 60.8 cm³/mol. The molecular weight excluding hydrogens is 236 g/mol. The Morgan fingerprint density at radius 1 is 1.44 bits per heavy atom. The Morgan fingerprint density at radius 3 is 3.00 bits per heavy atom. The highest BCUT2D eigenvalue weighted by Crippen LogP contribution is 2.52. The molecule has 3 atom stereocenters. The standard InChI is InChI=1S/C13H16O5/c1-15-11(14)13-5-8-18-12(13)17-7-4-9(13)10-3-2-6-16-10/h2-3,6,9,12H,4-5,7-8H2,1H3/t9-,12-,13-/m1/s1. The molecule has 0 unspecified atom stereocenters. The van der Waals surface area contributed by atoms with E-state index in [0.717, 1.165) is 12.2 Å². The Bertz CT molecular complexity index is 427. The van der Waals surface area contributed by atoms with Crippen LogP contribution in [0.2, 0.25) is 0 Å². The minimum absolute atomic E-state index is 0.0406. The van der Waals surface area contributed by atoms with Crippen molar-refractivity contribution in [1.82, 2.24) is 0 Å². The van der Waals surface area contributed by atoms with Gasteiger partial charge in [0.15, 0.2) is 6.29 Å². The predicted octanol–water partition coefficient (Wildman–Crippen LogP) is 1.69. The van der Waals surface area contributed by atoms with Gasteiger partial charge in [-0.2, -0.15) is 0 Å². The van der Waals surface area contributed by atoms with Gasteiger partial charge in [-0.25, -0.2) is 0 Å². The Balaban J connectivity index is 2.03. The van der Waals surface area contributed by atoms with Crippen molar-refractivity contribution in [2.75, 3.05) is 20.3 Å². The van der Waals surface area contributed by atoms with E-state index in [9.17, 15) is 4.79 Å². The lowest BCUT2D eigenvalue weighted by atomic mass is 9.69. The lowest BCUT2D eigenvalue weighted by molar-refractivity contribution is -0.210. The first-order chi connectivity index (χ1) is 8.79. The molecule has 0 N–H and O–H groups in total. The van der Waals surface area contributed by atoms with Crippen molar-refractivity contribution in [2.24, 2.45) is 5.41 Å². The fourth-order valence-corrected chi connectivity index (χ4v) is 3.10. The van der Waals surface area contributed by atoms with Gasteiger partial charge in [0.25, 0.3) is 0 Å². The molecular formula is C13H16O5. The zero-order valence-corrected chi connectivity index (χ0v) is 10.3. The van der Waals surface area contributed by atoms with Gasteiger partial charge in [-0.15, -0.1) is 0 Å². The largest absolute Gasteiger partial charge is 0.469 e. The molecule has 3 heterocycles. The second-order valence-electron chi connectivity index (χ2n) is 4.71. The van der Waals surface area contributed by atoms with Gasteiger partial charge in [-0.05, 0) is 25.0 Å². The molecule has 1 aromatic rings. The van der Waals surface area contributed by atoms with E-state index in [1.54, 1.807) is 6.26 Å². The van der Waals surface area contributed by atoms with Crippen molar-refractivity contribution in [2.45, 2.75) is 25.0 Å². The van der Waals surface area contributed by atoms with Gasteiger partial charge in [0, 0.05) is 5.92 Å². The summed E-state index contributed by atoms with van der Waals surface area (Å²) in [4.78, 5) is 12.3. The quantitative estimate of drug-likeness (QED) is 0.750. The highest BCUT2D eigenvalue weighted by molar-refractivity contribution is 5.79. The third-order valence-corrected chi connectivity index (χ3v) is 3.96. The van der Waals surface area contributed by atoms with Gasteiger partial charge in [0.2, 0.25) is 0 Å². The van der Waals surface area contributed by atoms with E-state index >= 15 is 0 Å². The molecule has 2 fully saturated rings. The van der Waals surface area contributed by atoms with Crippen LogP contribution in [0.4, 0.5) is 0 Å². The third kappa shape index (κ3) is 1.51. The average Bonchev–Trinajstić information content (AvgIpc) is 3.06. The summed E-state index contributed by atoms with van der Waals surface area (Å²) in [5.41, 5.74) is -0.759. The maximum absolute atomic E-state index is 12.3. The van der Waals surface area contributed by atoms with Crippen LogP contribution in [0.3, 0.4) is 0 Å². The van der Waals surface area contributed by atoms with Gasteiger partial charge in [-0.3, -0.25) is 4.79 Å². The molecule has 18 heavy (non-hydrogen) atoms. The number of carbonyl (C=O) groups is 1. The van der Waals surface area contributed by atoms with Crippen molar-refractivity contribution in [3.8, 4) is 0 Å². The second-order valence-corrected chi connectivity index (χ2v) is 4.71. The summed E-state index contributed by atoms with van der Waals surface area (Å²) < 4.78 is 21.6. The average molecular weight is 252 g/mol. The highest BCUT2D eigenvalue weighted by atomic mass is 16.7. The first-order valence-electron chi connectivity index (χ1n) is 6.14. The number of carbonyl (C=O) groups excluding carboxylic acids is 1. The number of ether oxygens (including phenoxy) is 3. The van der Waals surface area contributed by atoms with Crippen LogP contribution in [-0.4, -0.2) is 32.6 Å². The van der Waals surface area contributed by atoms with Crippen LogP contribution in [0.25, 0.3) is 0 Å². The zero-order valence-electron chi connectivity index (χ0n) is 10.3. The van der Waals surface area contributed by atoms with E-state index in [1.165, 1.54) is 7.11 Å². The van der Waals surface area contributed by atoms with Crippen LogP contribution in [0.15, 0.2) is 22.8 Å². The van der Waals surface area contributed by atoms with Crippen molar-refractivity contribution in [1.29, 1.82) is 0 Å². The lowest BCUT2D eigenvalue weighted by Crippen LogP contribution is -2.49. The van der Waals surface area contributed by atoms with Crippen LogP contribution in [0, 0.1) is 5.41 Å². The van der Waals surface area contributed by atoms with E-state index in [0.29, 0.717) is 19.6 Å². The van der Waals surface area contributed by atoms with Crippen LogP contribution in [0.1, 0.15) is 24.5 Å². The molecule has 0 aliphatic carbocycles. The zero-order chi connectivity index (χ0) is 12.6. The summed E-state index contributed by atoms with van der Waals surface area (Å²) in [7, 11) is 1.40. The van der Waals surface area contributed by atoms with Crippen molar-refractivity contribution >= 4 is 5.97 Å². The topological polar surface area (TPSA) is 57.9 Å². The van der Waals surface area contributed by atoms with Gasteiger partial charge in [0.05, 0.1) is 26.6 Å². The SMILES string of the molecule is COC(=O)[C@]12CCO[C@H]1OCC[C@@H]2c1ccco1. The van der Waals surface area contributed by atoms with Crippen LogP contribution < -0.4 is 0 Å². The monoisotopic (exact) mass is 252 g/mol. The molecule has 0 saturated carbocycles. The Hall–Kier alpha value is -1.33. The van der Waals surface area contributed by atoms with Crippen molar-refractivity contribution in [3.05, 3.63) is 24.2 Å². The smallest absolute Gasteiger partial charge is 0.317 e. The van der Waals surface area contributed by atoms with Gasteiger partial charge < -0.3 is 18.6 Å². The fraction of sp³-hybridized carbons (Fsp3) is 0.615. The van der Waals surface area contributed by atoms with Crippen molar-refractivity contribution < 1.29 is 23.4 Å². The normalized spacial score (nSPS) is 35.2. The summed E-state index contributed by atoms with van der Waals surface area (Å²) in [5.74, 6) is 0.492. The first-order valence-corrected chi connectivity index (χ1v) is 6.14. The summed E-state index contributed by atoms with van der Waals surface area (Å²) in [6.45, 7) is 1.08. The van der Waals surface area contributed by atoms with Crippen LogP contribution >= 0.6 is 0 Å². The molecule has 2 saturated heterocycles. The highest BCUT2D eigenvalue weighted by Gasteiger charge is 2.60. The molecule has 2 aliphatic heterocycles. The third-order valence-electron chi connectivity index (χ3n) is 3.96. The van der Waals surface area contributed by atoms with Crippen LogP contribution in [-0.2, 0) is 19.0 Å². The van der Waals surface area contributed by atoms with E-state index < -0.39 is 11.7 Å². The van der Waals surface area contributed by atoms with Crippen LogP contribution in [0.5, 0.6) is 0 Å². The Labute approximate surface area is 105 Å². The minimum atomic E-state index is -0.759. The summed E-state index contributed by atoms with van der Waals surface area (Å²) >= 11 is 0. The maximum atomic E-state index is 12.3. The number of hydrogen-bond acceptors (Lipinski definition) is 5. The molecule has 2 aliphatic rings. The number of fused-ring (bicyclic) bond motifs is 1. The lowest BCUT2D eigenvalue weighted by Gasteiger charge is -2.40. The molecule has 0 spiro atoms. The van der Waals surface area contributed by atoms with Gasteiger partial charge in [0.1, 0.15) is 11.2 Å². The van der Waals surface area contributed by atoms with Gasteiger partial charge >= 0.3 is 5.97 Å². The molecule has 5 nitrogen and oxygen atoms in total.